The van der Waals surface area contributed by atoms with E-state index in [4.69, 9.17) is 12.2 Å². The van der Waals surface area contributed by atoms with Crippen molar-refractivity contribution in [1.29, 1.82) is 0 Å². The number of halogens is 2. The highest BCUT2D eigenvalue weighted by molar-refractivity contribution is 7.80. The molecule has 0 heterocycles. The van der Waals surface area contributed by atoms with Crippen LogP contribution in [-0.2, 0) is 0 Å². The molecule has 0 spiro atoms. The highest BCUT2D eigenvalue weighted by atomic mass is 32.1. The third kappa shape index (κ3) is 4.74. The predicted molar refractivity (Wildman–Crippen MR) is 99.3 cm³/mol. The average molecular weight is 348 g/mol. The van der Waals surface area contributed by atoms with Crippen LogP contribution >= 0.6 is 12.2 Å². The highest BCUT2D eigenvalue weighted by Gasteiger charge is 2.10. The summed E-state index contributed by atoms with van der Waals surface area (Å²) in [7, 11) is 0. The van der Waals surface area contributed by atoms with Crippen LogP contribution in [0.3, 0.4) is 0 Å². The van der Waals surface area contributed by atoms with E-state index in [0.29, 0.717) is 11.0 Å². The SMILES string of the molecule is CCC(C)c1ccc(C(C)NC(=S)Nc2ccc(F)cc2F)cc1. The van der Waals surface area contributed by atoms with Gasteiger partial charge in [-0.25, -0.2) is 8.78 Å². The lowest BCUT2D eigenvalue weighted by Gasteiger charge is -2.18. The van der Waals surface area contributed by atoms with Crippen molar-refractivity contribution in [3.63, 3.8) is 0 Å². The quantitative estimate of drug-likeness (QED) is 0.695. The molecule has 128 valence electrons. The Hall–Kier alpha value is -2.01. The summed E-state index contributed by atoms with van der Waals surface area (Å²) in [6, 6.07) is 11.7. The minimum absolute atomic E-state index is 0.0282. The van der Waals surface area contributed by atoms with Crippen LogP contribution in [0.5, 0.6) is 0 Å². The van der Waals surface area contributed by atoms with E-state index in [0.717, 1.165) is 18.1 Å². The molecule has 2 rings (SSSR count). The first-order chi connectivity index (χ1) is 11.4. The monoisotopic (exact) mass is 348 g/mol. The van der Waals surface area contributed by atoms with Gasteiger partial charge in [-0.3, -0.25) is 0 Å². The predicted octanol–water partition coefficient (Wildman–Crippen LogP) is 5.53. The molecule has 2 unspecified atom stereocenters. The van der Waals surface area contributed by atoms with E-state index in [1.165, 1.54) is 17.7 Å². The molecule has 0 aromatic heterocycles. The molecule has 2 atom stereocenters. The zero-order valence-electron chi connectivity index (χ0n) is 14.1. The summed E-state index contributed by atoms with van der Waals surface area (Å²) in [5.74, 6) is -0.761. The second kappa shape index (κ2) is 8.20. The normalized spacial score (nSPS) is 13.2. The molecule has 0 aliphatic heterocycles. The molecule has 2 aromatic rings. The maximum Gasteiger partial charge on any atom is 0.171 e. The first-order valence-corrected chi connectivity index (χ1v) is 8.44. The summed E-state index contributed by atoms with van der Waals surface area (Å²) in [5.41, 5.74) is 2.54. The zero-order chi connectivity index (χ0) is 17.7. The van der Waals surface area contributed by atoms with Gasteiger partial charge in [0.05, 0.1) is 11.7 Å². The second-order valence-electron chi connectivity index (χ2n) is 5.92. The number of rotatable bonds is 5. The third-order valence-electron chi connectivity index (χ3n) is 4.14. The fourth-order valence-corrected chi connectivity index (χ4v) is 2.66. The molecule has 0 aliphatic rings. The van der Waals surface area contributed by atoms with E-state index in [9.17, 15) is 8.78 Å². The fraction of sp³-hybridized carbons (Fsp3) is 0.316. The van der Waals surface area contributed by atoms with Crippen molar-refractivity contribution in [3.05, 3.63) is 65.2 Å². The van der Waals surface area contributed by atoms with E-state index < -0.39 is 11.6 Å². The van der Waals surface area contributed by atoms with Crippen LogP contribution in [0.4, 0.5) is 14.5 Å². The minimum atomic E-state index is -0.676. The molecular weight excluding hydrogens is 326 g/mol. The molecule has 0 saturated heterocycles. The van der Waals surface area contributed by atoms with Gasteiger partial charge in [0.2, 0.25) is 0 Å². The van der Waals surface area contributed by atoms with Gasteiger partial charge in [-0.15, -0.1) is 0 Å². The number of thiocarbonyl (C=S) groups is 1. The van der Waals surface area contributed by atoms with Gasteiger partial charge >= 0.3 is 0 Å². The number of anilines is 1. The molecule has 0 saturated carbocycles. The molecule has 0 radical (unpaired) electrons. The van der Waals surface area contributed by atoms with Crippen LogP contribution in [0.1, 0.15) is 50.3 Å². The number of hydrogen-bond acceptors (Lipinski definition) is 1. The summed E-state index contributed by atoms with van der Waals surface area (Å²) in [6.45, 7) is 6.35. The molecule has 2 N–H and O–H groups in total. The van der Waals surface area contributed by atoms with Gasteiger partial charge in [-0.05, 0) is 54.7 Å². The Morgan fingerprint density at radius 1 is 1.04 bits per heavy atom. The molecule has 0 bridgehead atoms. The van der Waals surface area contributed by atoms with E-state index >= 15 is 0 Å². The summed E-state index contributed by atoms with van der Waals surface area (Å²) < 4.78 is 26.6. The molecule has 2 nitrogen and oxygen atoms in total. The molecule has 0 amide bonds. The Kier molecular flexibility index (Phi) is 6.26. The topological polar surface area (TPSA) is 24.1 Å². The average Bonchev–Trinajstić information content (AvgIpc) is 2.56. The number of benzene rings is 2. The number of nitrogens with one attached hydrogen (secondary N) is 2. The lowest BCUT2D eigenvalue weighted by Crippen LogP contribution is -2.31. The van der Waals surface area contributed by atoms with Crippen LogP contribution in [0.2, 0.25) is 0 Å². The third-order valence-corrected chi connectivity index (χ3v) is 4.36. The van der Waals surface area contributed by atoms with E-state index in [2.05, 4.69) is 48.7 Å². The lowest BCUT2D eigenvalue weighted by atomic mass is 9.96. The Balaban J connectivity index is 1.98. The molecule has 5 heteroatoms. The van der Waals surface area contributed by atoms with Gasteiger partial charge < -0.3 is 10.6 Å². The number of hydrogen-bond donors (Lipinski definition) is 2. The Bertz CT molecular complexity index is 701. The van der Waals surface area contributed by atoms with Gasteiger partial charge in [0.15, 0.2) is 5.11 Å². The molecule has 24 heavy (non-hydrogen) atoms. The first-order valence-electron chi connectivity index (χ1n) is 8.03. The maximum atomic E-state index is 13.6. The van der Waals surface area contributed by atoms with Crippen LogP contribution < -0.4 is 10.6 Å². The van der Waals surface area contributed by atoms with Gasteiger partial charge in [0.25, 0.3) is 0 Å². The Morgan fingerprint density at radius 2 is 1.67 bits per heavy atom. The standard InChI is InChI=1S/C19H22F2N2S/c1-4-12(2)14-5-7-15(8-6-14)13(3)22-19(24)23-18-10-9-16(20)11-17(18)21/h5-13H,4H2,1-3H3,(H2,22,23,24). The fourth-order valence-electron chi connectivity index (χ4n) is 2.38. The van der Waals surface area contributed by atoms with Crippen LogP contribution in [-0.4, -0.2) is 5.11 Å². The lowest BCUT2D eigenvalue weighted by molar-refractivity contribution is 0.586. The Labute approximate surface area is 147 Å². The smallest absolute Gasteiger partial charge is 0.171 e. The largest absolute Gasteiger partial charge is 0.356 e. The van der Waals surface area contributed by atoms with E-state index in [1.807, 2.05) is 6.92 Å². The summed E-state index contributed by atoms with van der Waals surface area (Å²) in [4.78, 5) is 0. The molecule has 0 fully saturated rings. The van der Waals surface area contributed by atoms with Crippen LogP contribution in [0.15, 0.2) is 42.5 Å². The van der Waals surface area contributed by atoms with Gasteiger partial charge in [-0.1, -0.05) is 38.1 Å². The van der Waals surface area contributed by atoms with E-state index in [1.54, 1.807) is 0 Å². The van der Waals surface area contributed by atoms with Crippen molar-refractivity contribution in [2.45, 2.75) is 39.2 Å². The van der Waals surface area contributed by atoms with Crippen molar-refractivity contribution in [2.24, 2.45) is 0 Å². The van der Waals surface area contributed by atoms with Gasteiger partial charge in [-0.2, -0.15) is 0 Å². The molecule has 0 aliphatic carbocycles. The molecular formula is C19H22F2N2S. The second-order valence-corrected chi connectivity index (χ2v) is 6.33. The van der Waals surface area contributed by atoms with Gasteiger partial charge in [0, 0.05) is 6.07 Å². The summed E-state index contributed by atoms with van der Waals surface area (Å²) in [5, 5.41) is 6.16. The summed E-state index contributed by atoms with van der Waals surface area (Å²) >= 11 is 5.21. The van der Waals surface area contributed by atoms with Crippen molar-refractivity contribution >= 4 is 23.0 Å². The highest BCUT2D eigenvalue weighted by Crippen LogP contribution is 2.21. The van der Waals surface area contributed by atoms with Crippen molar-refractivity contribution in [1.82, 2.24) is 5.32 Å². The Morgan fingerprint density at radius 3 is 2.25 bits per heavy atom. The van der Waals surface area contributed by atoms with Crippen molar-refractivity contribution in [2.75, 3.05) is 5.32 Å². The summed E-state index contributed by atoms with van der Waals surface area (Å²) in [6.07, 6.45) is 1.10. The van der Waals surface area contributed by atoms with Crippen molar-refractivity contribution in [3.8, 4) is 0 Å². The van der Waals surface area contributed by atoms with Crippen LogP contribution in [0.25, 0.3) is 0 Å². The van der Waals surface area contributed by atoms with E-state index in [-0.39, 0.29) is 11.7 Å². The van der Waals surface area contributed by atoms with Crippen LogP contribution in [0, 0.1) is 11.6 Å². The first kappa shape index (κ1) is 18.3. The molecule has 2 aromatic carbocycles. The van der Waals surface area contributed by atoms with Gasteiger partial charge in [0.1, 0.15) is 11.6 Å². The minimum Gasteiger partial charge on any atom is -0.356 e. The zero-order valence-corrected chi connectivity index (χ0v) is 14.9. The van der Waals surface area contributed by atoms with Crippen molar-refractivity contribution < 1.29 is 8.78 Å². The maximum absolute atomic E-state index is 13.6.